The zero-order valence-corrected chi connectivity index (χ0v) is 17.6. The van der Waals surface area contributed by atoms with E-state index in [1.807, 2.05) is 38.1 Å². The van der Waals surface area contributed by atoms with E-state index in [4.69, 9.17) is 4.74 Å². The lowest BCUT2D eigenvalue weighted by molar-refractivity contribution is -0.141. The summed E-state index contributed by atoms with van der Waals surface area (Å²) in [7, 11) is 1.35. The van der Waals surface area contributed by atoms with E-state index in [1.165, 1.54) is 24.0 Å². The van der Waals surface area contributed by atoms with Crippen LogP contribution >= 0.6 is 11.3 Å². The smallest absolute Gasteiger partial charge is 0.325 e. The molecule has 1 aromatic heterocycles. The molecule has 0 radical (unpaired) electrons. The number of hydrogen-bond donors (Lipinski definition) is 0. The van der Waals surface area contributed by atoms with Crippen LogP contribution in [0.2, 0.25) is 0 Å². The number of benzene rings is 2. The third-order valence-electron chi connectivity index (χ3n) is 4.70. The fourth-order valence-electron chi connectivity index (χ4n) is 3.08. The second-order valence-corrected chi connectivity index (χ2v) is 8.17. The topological polar surface area (TPSA) is 60.7 Å². The molecule has 1 heterocycles. The van der Waals surface area contributed by atoms with E-state index < -0.39 is 0 Å². The third-order valence-corrected chi connectivity index (χ3v) is 5.74. The van der Waals surface area contributed by atoms with Gasteiger partial charge < -0.3 is 9.30 Å². The molecule has 3 aromatic rings. The standard InChI is InChI=1S/C22H24N2O3S/c1-13(2)16-7-9-18-19(11-16)28-22(24(18)12-20(25)27-5)23-21(26)17-8-6-14(3)10-15(17)4/h6-11,13H,12H2,1-5H3. The number of thiazole rings is 1. The van der Waals surface area contributed by atoms with Gasteiger partial charge in [-0.3, -0.25) is 9.59 Å². The first-order valence-electron chi connectivity index (χ1n) is 9.16. The van der Waals surface area contributed by atoms with E-state index in [0.717, 1.165) is 21.3 Å². The molecule has 0 saturated heterocycles. The summed E-state index contributed by atoms with van der Waals surface area (Å²) in [4.78, 5) is 29.6. The Balaban J connectivity index is 2.16. The third kappa shape index (κ3) is 4.07. The molecule has 1 amide bonds. The second-order valence-electron chi connectivity index (χ2n) is 7.16. The number of carbonyl (C=O) groups is 2. The molecular formula is C22H24N2O3S. The molecule has 0 saturated carbocycles. The quantitative estimate of drug-likeness (QED) is 0.616. The van der Waals surface area contributed by atoms with Crippen LogP contribution in [-0.4, -0.2) is 23.6 Å². The Morgan fingerprint density at radius 3 is 2.54 bits per heavy atom. The normalized spacial score (nSPS) is 12.0. The van der Waals surface area contributed by atoms with Gasteiger partial charge in [0.1, 0.15) is 6.54 Å². The molecule has 6 heteroatoms. The molecule has 0 spiro atoms. The van der Waals surface area contributed by atoms with Crippen molar-refractivity contribution in [2.24, 2.45) is 4.99 Å². The lowest BCUT2D eigenvalue weighted by Crippen LogP contribution is -2.22. The van der Waals surface area contributed by atoms with E-state index in [9.17, 15) is 9.59 Å². The van der Waals surface area contributed by atoms with Crippen molar-refractivity contribution in [3.8, 4) is 0 Å². The number of aromatic nitrogens is 1. The first-order chi connectivity index (χ1) is 13.3. The SMILES string of the molecule is COC(=O)Cn1c(=NC(=O)c2ccc(C)cc2C)sc2cc(C(C)C)ccc21. The monoisotopic (exact) mass is 396 g/mol. The highest BCUT2D eigenvalue weighted by Gasteiger charge is 2.14. The number of amides is 1. The molecule has 0 fully saturated rings. The maximum atomic E-state index is 12.8. The fourth-order valence-corrected chi connectivity index (χ4v) is 4.16. The van der Waals surface area contributed by atoms with Crippen molar-refractivity contribution in [2.45, 2.75) is 40.2 Å². The average molecular weight is 397 g/mol. The molecule has 0 bridgehead atoms. The number of rotatable bonds is 4. The number of hydrogen-bond acceptors (Lipinski definition) is 4. The van der Waals surface area contributed by atoms with Crippen molar-refractivity contribution in [3.05, 3.63) is 63.5 Å². The zero-order chi connectivity index (χ0) is 20.4. The molecular weight excluding hydrogens is 372 g/mol. The van der Waals surface area contributed by atoms with Gasteiger partial charge >= 0.3 is 5.97 Å². The second kappa shape index (κ2) is 8.10. The average Bonchev–Trinajstić information content (AvgIpc) is 2.97. The molecule has 0 N–H and O–H groups in total. The summed E-state index contributed by atoms with van der Waals surface area (Å²) in [6.07, 6.45) is 0. The Labute approximate surface area is 168 Å². The molecule has 0 unspecified atom stereocenters. The van der Waals surface area contributed by atoms with Crippen molar-refractivity contribution in [2.75, 3.05) is 7.11 Å². The van der Waals surface area contributed by atoms with Gasteiger partial charge in [0.15, 0.2) is 4.80 Å². The molecule has 0 aliphatic heterocycles. The van der Waals surface area contributed by atoms with Crippen molar-refractivity contribution < 1.29 is 14.3 Å². The highest BCUT2D eigenvalue weighted by Crippen LogP contribution is 2.24. The summed E-state index contributed by atoms with van der Waals surface area (Å²) >= 11 is 1.41. The van der Waals surface area contributed by atoms with Gasteiger partial charge in [-0.1, -0.05) is 48.9 Å². The van der Waals surface area contributed by atoms with Gasteiger partial charge in [0.2, 0.25) is 0 Å². The largest absolute Gasteiger partial charge is 0.468 e. The van der Waals surface area contributed by atoms with Gasteiger partial charge in [-0.2, -0.15) is 4.99 Å². The molecule has 0 aliphatic carbocycles. The summed E-state index contributed by atoms with van der Waals surface area (Å²) in [5.41, 5.74) is 4.61. The summed E-state index contributed by atoms with van der Waals surface area (Å²) in [5.74, 6) is -0.308. The van der Waals surface area contributed by atoms with Gasteiger partial charge in [0, 0.05) is 5.56 Å². The van der Waals surface area contributed by atoms with Crippen molar-refractivity contribution in [1.29, 1.82) is 0 Å². The number of ether oxygens (including phenoxy) is 1. The number of aryl methyl sites for hydroxylation is 2. The van der Waals surface area contributed by atoms with Crippen LogP contribution in [0.5, 0.6) is 0 Å². The van der Waals surface area contributed by atoms with Crippen LogP contribution in [0.4, 0.5) is 0 Å². The van der Waals surface area contributed by atoms with Crippen molar-refractivity contribution in [3.63, 3.8) is 0 Å². The number of carbonyl (C=O) groups excluding carboxylic acids is 2. The molecule has 2 aromatic carbocycles. The molecule has 5 nitrogen and oxygen atoms in total. The Morgan fingerprint density at radius 2 is 1.89 bits per heavy atom. The minimum atomic E-state index is -0.381. The summed E-state index contributed by atoms with van der Waals surface area (Å²) in [6.45, 7) is 8.16. The Kier molecular flexibility index (Phi) is 5.79. The Hall–Kier alpha value is -2.73. The van der Waals surface area contributed by atoms with E-state index in [0.29, 0.717) is 16.3 Å². The number of esters is 1. The van der Waals surface area contributed by atoms with Gasteiger partial charge in [-0.25, -0.2) is 0 Å². The van der Waals surface area contributed by atoms with Gasteiger partial charge in [0.25, 0.3) is 5.91 Å². The fraction of sp³-hybridized carbons (Fsp3) is 0.318. The minimum Gasteiger partial charge on any atom is -0.468 e. The van der Waals surface area contributed by atoms with Gasteiger partial charge in [-0.05, 0) is 49.1 Å². The lowest BCUT2D eigenvalue weighted by Gasteiger charge is -2.07. The number of methoxy groups -OCH3 is 1. The van der Waals surface area contributed by atoms with Gasteiger partial charge in [-0.15, -0.1) is 0 Å². The van der Waals surface area contributed by atoms with Crippen LogP contribution in [0.3, 0.4) is 0 Å². The van der Waals surface area contributed by atoms with E-state index in [1.54, 1.807) is 10.6 Å². The zero-order valence-electron chi connectivity index (χ0n) is 16.8. The highest BCUT2D eigenvalue weighted by molar-refractivity contribution is 7.16. The molecule has 0 aliphatic rings. The van der Waals surface area contributed by atoms with Crippen molar-refractivity contribution in [1.82, 2.24) is 4.57 Å². The summed E-state index contributed by atoms with van der Waals surface area (Å²) in [6, 6.07) is 11.8. The van der Waals surface area contributed by atoms with E-state index >= 15 is 0 Å². The lowest BCUT2D eigenvalue weighted by atomic mass is 10.0. The summed E-state index contributed by atoms with van der Waals surface area (Å²) in [5, 5.41) is 0. The number of fused-ring (bicyclic) bond motifs is 1. The first kappa shape index (κ1) is 20.0. The van der Waals surface area contributed by atoms with Crippen LogP contribution in [0.1, 0.15) is 46.8 Å². The maximum Gasteiger partial charge on any atom is 0.325 e. The number of nitrogens with zero attached hydrogens (tertiary/aromatic N) is 2. The minimum absolute atomic E-state index is 0.0104. The molecule has 3 rings (SSSR count). The summed E-state index contributed by atoms with van der Waals surface area (Å²) < 4.78 is 7.57. The highest BCUT2D eigenvalue weighted by atomic mass is 32.1. The van der Waals surface area contributed by atoms with E-state index in [2.05, 4.69) is 24.9 Å². The van der Waals surface area contributed by atoms with Crippen LogP contribution in [0.15, 0.2) is 41.4 Å². The molecule has 28 heavy (non-hydrogen) atoms. The predicted molar refractivity (Wildman–Crippen MR) is 112 cm³/mol. The maximum absolute atomic E-state index is 12.8. The Morgan fingerprint density at radius 1 is 1.14 bits per heavy atom. The Bertz CT molecular complexity index is 1120. The molecule has 0 atom stereocenters. The van der Waals surface area contributed by atoms with Crippen LogP contribution in [0, 0.1) is 13.8 Å². The van der Waals surface area contributed by atoms with Gasteiger partial charge in [0.05, 0.1) is 17.3 Å². The first-order valence-corrected chi connectivity index (χ1v) is 9.98. The molecule has 146 valence electrons. The van der Waals surface area contributed by atoms with Crippen LogP contribution in [0.25, 0.3) is 10.2 Å². The van der Waals surface area contributed by atoms with Crippen LogP contribution in [-0.2, 0) is 16.1 Å². The predicted octanol–water partition coefficient (Wildman–Crippen LogP) is 4.36. The van der Waals surface area contributed by atoms with Crippen molar-refractivity contribution >= 4 is 33.4 Å². The van der Waals surface area contributed by atoms with E-state index in [-0.39, 0.29) is 18.4 Å². The van der Waals surface area contributed by atoms with Crippen LogP contribution < -0.4 is 4.80 Å².